The number of benzene rings is 1. The van der Waals surface area contributed by atoms with E-state index in [1.165, 1.54) is 11.6 Å². The molecule has 3 nitrogen and oxygen atoms in total. The second-order valence-electron chi connectivity index (χ2n) is 9.87. The minimum absolute atomic E-state index is 0.403. The van der Waals surface area contributed by atoms with Crippen LogP contribution in [-0.4, -0.2) is 37.1 Å². The van der Waals surface area contributed by atoms with Crippen molar-refractivity contribution < 1.29 is 14.4 Å². The molecule has 1 saturated heterocycles. The maximum atomic E-state index is 11.6. The van der Waals surface area contributed by atoms with Crippen LogP contribution < -0.4 is 5.19 Å². The molecule has 0 aromatic heterocycles. The van der Waals surface area contributed by atoms with Gasteiger partial charge in [0.25, 0.3) is 0 Å². The molecule has 1 aliphatic carbocycles. The zero-order valence-electron chi connectivity index (χ0n) is 17.8. The van der Waals surface area contributed by atoms with Gasteiger partial charge < -0.3 is 14.4 Å². The lowest BCUT2D eigenvalue weighted by Gasteiger charge is -2.37. The van der Waals surface area contributed by atoms with Crippen molar-refractivity contribution in [1.29, 1.82) is 0 Å². The minimum Gasteiger partial charge on any atom is -0.400 e. The molecule has 1 saturated carbocycles. The van der Waals surface area contributed by atoms with Crippen molar-refractivity contribution in [2.45, 2.75) is 89.7 Å². The van der Waals surface area contributed by atoms with Crippen molar-refractivity contribution in [3.63, 3.8) is 0 Å². The lowest BCUT2D eigenvalue weighted by Crippen LogP contribution is -2.47. The minimum atomic E-state index is -1.92. The molecule has 2 aliphatic rings. The highest BCUT2D eigenvalue weighted by Gasteiger charge is 2.56. The first-order chi connectivity index (χ1) is 12.5. The normalized spacial score (nSPS) is 24.9. The smallest absolute Gasteiger partial charge is 0.400 e. The van der Waals surface area contributed by atoms with Gasteiger partial charge in [0, 0.05) is 0 Å². The van der Waals surface area contributed by atoms with E-state index in [0.717, 1.165) is 31.2 Å². The van der Waals surface area contributed by atoms with E-state index in [9.17, 15) is 5.11 Å². The van der Waals surface area contributed by atoms with Crippen molar-refractivity contribution in [2.75, 3.05) is 0 Å². The van der Waals surface area contributed by atoms with E-state index in [1.807, 2.05) is 0 Å². The Labute approximate surface area is 166 Å². The Morgan fingerprint density at radius 1 is 0.963 bits per heavy atom. The SMILES string of the molecule is CC1(C)OB(/C(=C\[Si](C)(C)c2ccccc2)C2(O)CCCCC2)OC1(C)C. The summed E-state index contributed by atoms with van der Waals surface area (Å²) >= 11 is 0. The molecular formula is C22H35BO3Si. The molecule has 5 heteroatoms. The van der Waals surface area contributed by atoms with Crippen molar-refractivity contribution in [2.24, 2.45) is 0 Å². The first-order valence-electron chi connectivity index (χ1n) is 10.3. The van der Waals surface area contributed by atoms with Gasteiger partial charge in [-0.05, 0) is 46.0 Å². The Bertz CT molecular complexity index is 675. The summed E-state index contributed by atoms with van der Waals surface area (Å²) in [6, 6.07) is 10.7. The van der Waals surface area contributed by atoms with Gasteiger partial charge in [0.05, 0.1) is 16.8 Å². The fraction of sp³-hybridized carbons (Fsp3) is 0.636. The Hall–Kier alpha value is -0.878. The highest BCUT2D eigenvalue weighted by Crippen LogP contribution is 2.44. The summed E-state index contributed by atoms with van der Waals surface area (Å²) in [6.07, 6.45) is 4.89. The molecule has 0 spiro atoms. The van der Waals surface area contributed by atoms with Crippen LogP contribution in [0.25, 0.3) is 0 Å². The van der Waals surface area contributed by atoms with Gasteiger partial charge in [-0.1, -0.05) is 73.6 Å². The van der Waals surface area contributed by atoms with Crippen LogP contribution in [0.5, 0.6) is 0 Å². The van der Waals surface area contributed by atoms with Gasteiger partial charge in [0.1, 0.15) is 8.07 Å². The van der Waals surface area contributed by atoms with Crippen molar-refractivity contribution >= 4 is 20.4 Å². The van der Waals surface area contributed by atoms with Crippen LogP contribution in [0.2, 0.25) is 13.1 Å². The van der Waals surface area contributed by atoms with E-state index >= 15 is 0 Å². The molecule has 1 heterocycles. The first-order valence-corrected chi connectivity index (χ1v) is 13.4. The van der Waals surface area contributed by atoms with E-state index in [2.05, 4.69) is 76.8 Å². The second-order valence-corrected chi connectivity index (χ2v) is 14.2. The maximum Gasteiger partial charge on any atom is 0.492 e. The van der Waals surface area contributed by atoms with Crippen LogP contribution in [0.3, 0.4) is 0 Å². The predicted octanol–water partition coefficient (Wildman–Crippen LogP) is 4.39. The van der Waals surface area contributed by atoms with Gasteiger partial charge in [0.15, 0.2) is 0 Å². The highest BCUT2D eigenvalue weighted by atomic mass is 28.3. The summed E-state index contributed by atoms with van der Waals surface area (Å²) in [5, 5.41) is 13.0. The first kappa shape index (κ1) is 20.8. The Kier molecular flexibility index (Phi) is 5.54. The average Bonchev–Trinajstić information content (AvgIpc) is 2.81. The molecule has 0 unspecified atom stereocenters. The standard InChI is InChI=1S/C22H35BO3Si/c1-20(2)21(3,4)26-23(25-20)19(22(24)15-11-8-12-16-22)17-27(5,6)18-13-9-7-10-14-18/h7,9-10,13-14,17,24H,8,11-12,15-16H2,1-6H3/b19-17-. The molecule has 1 aromatic carbocycles. The van der Waals surface area contributed by atoms with Crippen LogP contribution in [0.4, 0.5) is 0 Å². The molecule has 1 aliphatic heterocycles. The summed E-state index contributed by atoms with van der Waals surface area (Å²) < 4.78 is 12.8. The Morgan fingerprint density at radius 3 is 2.00 bits per heavy atom. The van der Waals surface area contributed by atoms with Gasteiger partial charge in [-0.15, -0.1) is 0 Å². The summed E-state index contributed by atoms with van der Waals surface area (Å²) in [7, 11) is -2.39. The second kappa shape index (κ2) is 7.18. The third-order valence-corrected chi connectivity index (χ3v) is 9.61. The zero-order valence-corrected chi connectivity index (χ0v) is 18.8. The van der Waals surface area contributed by atoms with Crippen LogP contribution in [0, 0.1) is 0 Å². The van der Waals surface area contributed by atoms with Crippen LogP contribution in [0.1, 0.15) is 59.8 Å². The lowest BCUT2D eigenvalue weighted by molar-refractivity contribution is 0.00578. The number of rotatable bonds is 4. The van der Waals surface area contributed by atoms with Crippen molar-refractivity contribution in [3.8, 4) is 0 Å². The lowest BCUT2D eigenvalue weighted by atomic mass is 9.64. The molecule has 0 amide bonds. The van der Waals surface area contributed by atoms with E-state index in [0.29, 0.717) is 0 Å². The van der Waals surface area contributed by atoms with E-state index < -0.39 is 32.0 Å². The summed E-state index contributed by atoms with van der Waals surface area (Å²) in [4.78, 5) is 0. The van der Waals surface area contributed by atoms with Gasteiger partial charge in [0.2, 0.25) is 0 Å². The summed E-state index contributed by atoms with van der Waals surface area (Å²) in [5.41, 5.74) is 1.68. The molecule has 27 heavy (non-hydrogen) atoms. The van der Waals surface area contributed by atoms with Crippen molar-refractivity contribution in [3.05, 3.63) is 41.5 Å². The van der Waals surface area contributed by atoms with Gasteiger partial charge in [-0.3, -0.25) is 0 Å². The molecule has 1 N–H and O–H groups in total. The molecule has 148 valence electrons. The van der Waals surface area contributed by atoms with E-state index in [1.54, 1.807) is 0 Å². The molecule has 1 aromatic rings. The molecular weight excluding hydrogens is 351 g/mol. The Balaban J connectivity index is 2.03. The van der Waals surface area contributed by atoms with E-state index in [-0.39, 0.29) is 0 Å². The molecule has 0 bridgehead atoms. The predicted molar refractivity (Wildman–Crippen MR) is 116 cm³/mol. The van der Waals surface area contributed by atoms with Crippen LogP contribution in [0.15, 0.2) is 41.5 Å². The van der Waals surface area contributed by atoms with Gasteiger partial charge >= 0.3 is 7.12 Å². The van der Waals surface area contributed by atoms with Gasteiger partial charge in [-0.2, -0.15) is 0 Å². The van der Waals surface area contributed by atoms with Crippen LogP contribution in [-0.2, 0) is 9.31 Å². The van der Waals surface area contributed by atoms with Gasteiger partial charge in [-0.25, -0.2) is 0 Å². The van der Waals surface area contributed by atoms with E-state index in [4.69, 9.17) is 9.31 Å². The topological polar surface area (TPSA) is 38.7 Å². The number of aliphatic hydroxyl groups is 1. The number of hydrogen-bond donors (Lipinski definition) is 1. The maximum absolute atomic E-state index is 11.6. The zero-order chi connectivity index (χ0) is 19.9. The number of hydrogen-bond acceptors (Lipinski definition) is 3. The fourth-order valence-electron chi connectivity index (χ4n) is 4.16. The summed E-state index contributed by atoms with van der Waals surface area (Å²) in [5.74, 6) is 0. The quantitative estimate of drug-likeness (QED) is 0.780. The molecule has 3 rings (SSSR count). The fourth-order valence-corrected chi connectivity index (χ4v) is 6.56. The molecule has 0 radical (unpaired) electrons. The average molecular weight is 386 g/mol. The third-order valence-electron chi connectivity index (χ3n) is 6.76. The van der Waals surface area contributed by atoms with Crippen molar-refractivity contribution in [1.82, 2.24) is 0 Å². The Morgan fingerprint density at radius 2 is 1.48 bits per heavy atom. The largest absolute Gasteiger partial charge is 0.492 e. The molecule has 2 fully saturated rings. The third kappa shape index (κ3) is 4.12. The summed E-state index contributed by atoms with van der Waals surface area (Å²) in [6.45, 7) is 13.0. The molecule has 0 atom stereocenters. The monoisotopic (exact) mass is 386 g/mol. The van der Waals surface area contributed by atoms with Crippen LogP contribution >= 0.6 is 0 Å². The highest BCUT2D eigenvalue weighted by molar-refractivity contribution is 6.94.